The quantitative estimate of drug-likeness (QED) is 0.946. The second-order valence-electron chi connectivity index (χ2n) is 3.10. The Morgan fingerprint density at radius 1 is 1.25 bits per heavy atom. The maximum absolute atomic E-state index is 5.65. The molecule has 1 heterocycles. The number of hydrogen-bond acceptors (Lipinski definition) is 4. The Morgan fingerprint density at radius 3 is 2.81 bits per heavy atom. The minimum Gasteiger partial charge on any atom is -0.326 e. The number of benzene rings is 1. The first-order valence-corrected chi connectivity index (χ1v) is 6.35. The van der Waals surface area contributed by atoms with Gasteiger partial charge < -0.3 is 5.73 Å². The van der Waals surface area contributed by atoms with Crippen LogP contribution >= 0.6 is 27.7 Å². The first-order chi connectivity index (χ1) is 7.81. The minimum absolute atomic E-state index is 0.475. The van der Waals surface area contributed by atoms with Crippen LogP contribution in [0.2, 0.25) is 0 Å². The van der Waals surface area contributed by atoms with Gasteiger partial charge in [-0.2, -0.15) is 5.10 Å². The van der Waals surface area contributed by atoms with Crippen LogP contribution in [-0.2, 0) is 6.54 Å². The summed E-state index contributed by atoms with van der Waals surface area (Å²) in [5.74, 6) is 0. The van der Waals surface area contributed by atoms with Crippen molar-refractivity contribution in [2.24, 2.45) is 5.73 Å². The summed E-state index contributed by atoms with van der Waals surface area (Å²) < 4.78 is 1.05. The number of rotatable bonds is 3. The van der Waals surface area contributed by atoms with E-state index in [-0.39, 0.29) is 0 Å². The fourth-order valence-corrected chi connectivity index (χ4v) is 2.64. The number of hydrogen-bond donors (Lipinski definition) is 1. The van der Waals surface area contributed by atoms with Gasteiger partial charge in [-0.15, -0.1) is 5.10 Å². The molecule has 0 atom stereocenters. The van der Waals surface area contributed by atoms with Crippen LogP contribution in [0.4, 0.5) is 0 Å². The molecule has 16 heavy (non-hydrogen) atoms. The Balaban J connectivity index is 2.30. The summed E-state index contributed by atoms with van der Waals surface area (Å²) in [7, 11) is 0. The second kappa shape index (κ2) is 5.43. The molecule has 82 valence electrons. The smallest absolute Gasteiger partial charge is 0.128 e. The molecule has 2 aromatic rings. The molecule has 0 aliphatic heterocycles. The SMILES string of the molecule is NCc1ccnnc1Sc1ccccc1Br. The zero-order valence-corrected chi connectivity index (χ0v) is 10.8. The Labute approximate surface area is 107 Å². The van der Waals surface area contributed by atoms with Crippen LogP contribution in [0.5, 0.6) is 0 Å². The summed E-state index contributed by atoms with van der Waals surface area (Å²) >= 11 is 5.06. The van der Waals surface area contributed by atoms with E-state index in [0.29, 0.717) is 6.54 Å². The molecule has 0 aliphatic rings. The third-order valence-electron chi connectivity index (χ3n) is 2.03. The van der Waals surface area contributed by atoms with E-state index in [9.17, 15) is 0 Å². The van der Waals surface area contributed by atoms with Crippen LogP contribution in [0.1, 0.15) is 5.56 Å². The number of halogens is 1. The van der Waals surface area contributed by atoms with Crippen LogP contribution in [0.25, 0.3) is 0 Å². The topological polar surface area (TPSA) is 51.8 Å². The van der Waals surface area contributed by atoms with Crippen molar-refractivity contribution < 1.29 is 0 Å². The highest BCUT2D eigenvalue weighted by molar-refractivity contribution is 9.10. The van der Waals surface area contributed by atoms with E-state index < -0.39 is 0 Å². The Kier molecular flexibility index (Phi) is 3.93. The van der Waals surface area contributed by atoms with Gasteiger partial charge >= 0.3 is 0 Å². The molecule has 1 aromatic heterocycles. The molecule has 0 unspecified atom stereocenters. The van der Waals surface area contributed by atoms with Crippen LogP contribution in [0, 0.1) is 0 Å². The highest BCUT2D eigenvalue weighted by atomic mass is 79.9. The molecule has 2 N–H and O–H groups in total. The summed E-state index contributed by atoms with van der Waals surface area (Å²) in [5.41, 5.74) is 6.66. The maximum Gasteiger partial charge on any atom is 0.128 e. The van der Waals surface area contributed by atoms with E-state index in [4.69, 9.17) is 5.73 Å². The molecule has 0 amide bonds. The fraction of sp³-hybridized carbons (Fsp3) is 0.0909. The van der Waals surface area contributed by atoms with Gasteiger partial charge in [-0.25, -0.2) is 0 Å². The van der Waals surface area contributed by atoms with Gasteiger partial charge in [0.1, 0.15) is 5.03 Å². The highest BCUT2D eigenvalue weighted by Crippen LogP contribution is 2.33. The molecular weight excluding hydrogens is 286 g/mol. The normalized spacial score (nSPS) is 10.4. The molecule has 0 radical (unpaired) electrons. The van der Waals surface area contributed by atoms with Gasteiger partial charge in [0.2, 0.25) is 0 Å². The first kappa shape index (κ1) is 11.6. The van der Waals surface area contributed by atoms with Gasteiger partial charge in [-0.05, 0) is 34.1 Å². The minimum atomic E-state index is 0.475. The van der Waals surface area contributed by atoms with Crippen molar-refractivity contribution >= 4 is 27.7 Å². The summed E-state index contributed by atoms with van der Waals surface area (Å²) in [6.45, 7) is 0.475. The number of aromatic nitrogens is 2. The monoisotopic (exact) mass is 295 g/mol. The van der Waals surface area contributed by atoms with Crippen molar-refractivity contribution in [1.29, 1.82) is 0 Å². The van der Waals surface area contributed by atoms with Crippen molar-refractivity contribution in [3.8, 4) is 0 Å². The van der Waals surface area contributed by atoms with Gasteiger partial charge in [-0.3, -0.25) is 0 Å². The lowest BCUT2D eigenvalue weighted by Gasteiger charge is -2.06. The molecular formula is C11H10BrN3S. The molecule has 0 saturated heterocycles. The zero-order chi connectivity index (χ0) is 11.4. The standard InChI is InChI=1S/C11H10BrN3S/c12-9-3-1-2-4-10(9)16-11-8(7-13)5-6-14-15-11/h1-6H,7,13H2. The molecule has 0 saturated carbocycles. The van der Waals surface area contributed by atoms with Crippen molar-refractivity contribution in [2.75, 3.05) is 0 Å². The number of nitrogens with zero attached hydrogens (tertiary/aromatic N) is 2. The summed E-state index contributed by atoms with van der Waals surface area (Å²) in [5, 5.41) is 8.83. The van der Waals surface area contributed by atoms with Crippen LogP contribution < -0.4 is 5.73 Å². The lowest BCUT2D eigenvalue weighted by molar-refractivity contribution is 0.866. The van der Waals surface area contributed by atoms with E-state index in [1.807, 2.05) is 30.3 Å². The van der Waals surface area contributed by atoms with Gasteiger partial charge in [0.25, 0.3) is 0 Å². The Morgan fingerprint density at radius 2 is 2.06 bits per heavy atom. The molecule has 1 aromatic carbocycles. The largest absolute Gasteiger partial charge is 0.326 e. The van der Waals surface area contributed by atoms with E-state index in [1.165, 1.54) is 0 Å². The van der Waals surface area contributed by atoms with Gasteiger partial charge in [0, 0.05) is 27.7 Å². The first-order valence-electron chi connectivity index (χ1n) is 4.74. The third-order valence-corrected chi connectivity index (χ3v) is 4.10. The van der Waals surface area contributed by atoms with Crippen LogP contribution in [-0.4, -0.2) is 10.2 Å². The van der Waals surface area contributed by atoms with Crippen molar-refractivity contribution in [2.45, 2.75) is 16.5 Å². The predicted molar refractivity (Wildman–Crippen MR) is 68.2 cm³/mol. The van der Waals surface area contributed by atoms with E-state index in [1.54, 1.807) is 18.0 Å². The lowest BCUT2D eigenvalue weighted by atomic mass is 10.3. The summed E-state index contributed by atoms with van der Waals surface area (Å²) in [6.07, 6.45) is 1.66. The zero-order valence-electron chi connectivity index (χ0n) is 8.43. The predicted octanol–water partition coefficient (Wildman–Crippen LogP) is 2.85. The van der Waals surface area contributed by atoms with Crippen molar-refractivity contribution in [3.63, 3.8) is 0 Å². The third kappa shape index (κ3) is 2.61. The van der Waals surface area contributed by atoms with Gasteiger partial charge in [0.15, 0.2) is 0 Å². The summed E-state index contributed by atoms with van der Waals surface area (Å²) in [6, 6.07) is 9.90. The number of nitrogens with two attached hydrogens (primary N) is 1. The van der Waals surface area contributed by atoms with Crippen LogP contribution in [0.15, 0.2) is 50.9 Å². The maximum atomic E-state index is 5.65. The van der Waals surface area contributed by atoms with E-state index in [2.05, 4.69) is 26.1 Å². The van der Waals surface area contributed by atoms with Gasteiger partial charge in [-0.1, -0.05) is 23.9 Å². The molecule has 0 bridgehead atoms. The van der Waals surface area contributed by atoms with Crippen molar-refractivity contribution in [1.82, 2.24) is 10.2 Å². The molecule has 5 heteroatoms. The fourth-order valence-electron chi connectivity index (χ4n) is 1.22. The van der Waals surface area contributed by atoms with Crippen molar-refractivity contribution in [3.05, 3.63) is 46.6 Å². The molecule has 0 fully saturated rings. The van der Waals surface area contributed by atoms with Gasteiger partial charge in [0.05, 0.1) is 0 Å². The average Bonchev–Trinajstić information content (AvgIpc) is 2.33. The molecule has 2 rings (SSSR count). The Bertz CT molecular complexity index is 490. The van der Waals surface area contributed by atoms with E-state index >= 15 is 0 Å². The molecule has 3 nitrogen and oxygen atoms in total. The highest BCUT2D eigenvalue weighted by Gasteiger charge is 2.07. The summed E-state index contributed by atoms with van der Waals surface area (Å²) in [4.78, 5) is 1.11. The Hall–Kier alpha value is -0.910. The van der Waals surface area contributed by atoms with Crippen LogP contribution in [0.3, 0.4) is 0 Å². The second-order valence-corrected chi connectivity index (χ2v) is 4.98. The molecule has 0 spiro atoms. The van der Waals surface area contributed by atoms with E-state index in [0.717, 1.165) is 20.0 Å². The molecule has 0 aliphatic carbocycles. The lowest BCUT2D eigenvalue weighted by Crippen LogP contribution is -2.00. The average molecular weight is 296 g/mol.